The molecule has 0 saturated carbocycles. The van der Waals surface area contributed by atoms with Crippen LogP contribution < -0.4 is 5.73 Å². The smallest absolute Gasteiger partial charge is 0.122 e. The van der Waals surface area contributed by atoms with E-state index < -0.39 is 0 Å². The second-order valence-corrected chi connectivity index (χ2v) is 5.67. The number of benzene rings is 1. The maximum absolute atomic E-state index is 5.99. The number of nitrogen functional groups attached to an aromatic ring is 1. The lowest BCUT2D eigenvalue weighted by atomic mass is 10.1. The molecule has 0 spiro atoms. The number of nitrogens with two attached hydrogens (primary N) is 1. The Kier molecular flexibility index (Phi) is 4.56. The summed E-state index contributed by atoms with van der Waals surface area (Å²) in [5.74, 6) is 0.409. The van der Waals surface area contributed by atoms with Gasteiger partial charge in [-0.25, -0.2) is 4.98 Å². The lowest BCUT2D eigenvalue weighted by Crippen LogP contribution is -2.10. The lowest BCUT2D eigenvalue weighted by Gasteiger charge is -2.18. The van der Waals surface area contributed by atoms with E-state index in [0.29, 0.717) is 12.5 Å². The van der Waals surface area contributed by atoms with E-state index in [0.717, 1.165) is 22.0 Å². The summed E-state index contributed by atoms with van der Waals surface area (Å²) in [5.41, 5.74) is 8.67. The largest absolute Gasteiger partial charge is 0.398 e. The van der Waals surface area contributed by atoms with Gasteiger partial charge in [0.05, 0.1) is 5.69 Å². The lowest BCUT2D eigenvalue weighted by molar-refractivity contribution is 0.0293. The van der Waals surface area contributed by atoms with E-state index in [9.17, 15) is 0 Å². The minimum absolute atomic E-state index is 0.0636. The molecular weight excluding hydrogens is 256 g/mol. The van der Waals surface area contributed by atoms with Crippen LogP contribution >= 0.6 is 11.3 Å². The van der Waals surface area contributed by atoms with Crippen molar-refractivity contribution in [3.63, 3.8) is 0 Å². The average molecular weight is 276 g/mol. The zero-order chi connectivity index (χ0) is 13.8. The van der Waals surface area contributed by atoms with Crippen molar-refractivity contribution in [3.05, 3.63) is 34.7 Å². The number of nitrogens with zero attached hydrogens (tertiary/aromatic N) is 1. The topological polar surface area (TPSA) is 48.1 Å². The van der Waals surface area contributed by atoms with Crippen LogP contribution in [0.25, 0.3) is 11.3 Å². The number of anilines is 1. The van der Waals surface area contributed by atoms with Gasteiger partial charge in [0.15, 0.2) is 0 Å². The molecule has 19 heavy (non-hydrogen) atoms. The van der Waals surface area contributed by atoms with Crippen molar-refractivity contribution >= 4 is 17.0 Å². The van der Waals surface area contributed by atoms with Crippen molar-refractivity contribution < 1.29 is 4.74 Å². The number of hydrogen-bond donors (Lipinski definition) is 1. The standard InChI is InChI=1S/C15H20N2OS/c1-4-18-14(10(2)3)15-17-13(9-19-15)11-7-5-6-8-12(11)16/h5-10,14H,4,16H2,1-3H3. The number of rotatable bonds is 5. The fourth-order valence-electron chi connectivity index (χ4n) is 2.00. The molecule has 0 bridgehead atoms. The Bertz CT molecular complexity index is 536. The van der Waals surface area contributed by atoms with E-state index in [4.69, 9.17) is 15.5 Å². The highest BCUT2D eigenvalue weighted by molar-refractivity contribution is 7.10. The molecule has 4 heteroatoms. The molecule has 0 radical (unpaired) electrons. The summed E-state index contributed by atoms with van der Waals surface area (Å²) in [5, 5.41) is 3.07. The van der Waals surface area contributed by atoms with Crippen LogP contribution in [0.1, 0.15) is 31.9 Å². The molecule has 0 saturated heterocycles. The Morgan fingerprint density at radius 1 is 1.32 bits per heavy atom. The Hall–Kier alpha value is -1.39. The van der Waals surface area contributed by atoms with E-state index in [2.05, 4.69) is 19.2 Å². The molecule has 3 nitrogen and oxygen atoms in total. The molecule has 102 valence electrons. The summed E-state index contributed by atoms with van der Waals surface area (Å²) in [6, 6.07) is 7.81. The van der Waals surface area contributed by atoms with Crippen molar-refractivity contribution in [2.75, 3.05) is 12.3 Å². The van der Waals surface area contributed by atoms with Crippen molar-refractivity contribution in [2.45, 2.75) is 26.9 Å². The van der Waals surface area contributed by atoms with Gasteiger partial charge in [0.25, 0.3) is 0 Å². The normalized spacial score (nSPS) is 12.8. The van der Waals surface area contributed by atoms with E-state index in [1.165, 1.54) is 0 Å². The van der Waals surface area contributed by atoms with Crippen LogP contribution in [0.2, 0.25) is 0 Å². The molecule has 2 rings (SSSR count). The van der Waals surface area contributed by atoms with Crippen molar-refractivity contribution in [1.29, 1.82) is 0 Å². The summed E-state index contributed by atoms with van der Waals surface area (Å²) < 4.78 is 5.79. The Labute approximate surface area is 118 Å². The SMILES string of the molecule is CCOC(c1nc(-c2ccccc2N)cs1)C(C)C. The third-order valence-electron chi connectivity index (χ3n) is 2.95. The molecule has 0 aliphatic heterocycles. The first-order valence-electron chi connectivity index (χ1n) is 6.55. The Balaban J connectivity index is 2.30. The van der Waals surface area contributed by atoms with Crippen molar-refractivity contribution in [2.24, 2.45) is 5.92 Å². The predicted molar refractivity (Wildman–Crippen MR) is 81.2 cm³/mol. The number of hydrogen-bond acceptors (Lipinski definition) is 4. The van der Waals surface area contributed by atoms with E-state index in [1.54, 1.807) is 11.3 Å². The molecule has 1 unspecified atom stereocenters. The minimum Gasteiger partial charge on any atom is -0.398 e. The van der Waals surface area contributed by atoms with Crippen LogP contribution in [-0.4, -0.2) is 11.6 Å². The fourth-order valence-corrected chi connectivity index (χ4v) is 3.04. The molecule has 1 aromatic carbocycles. The minimum atomic E-state index is 0.0636. The maximum Gasteiger partial charge on any atom is 0.122 e. The van der Waals surface area contributed by atoms with Gasteiger partial charge in [-0.1, -0.05) is 32.0 Å². The second-order valence-electron chi connectivity index (χ2n) is 4.78. The third kappa shape index (κ3) is 3.14. The van der Waals surface area contributed by atoms with Crippen molar-refractivity contribution in [1.82, 2.24) is 4.98 Å². The molecule has 0 fully saturated rings. The quantitative estimate of drug-likeness (QED) is 0.835. The van der Waals surface area contributed by atoms with Gasteiger partial charge in [-0.15, -0.1) is 11.3 Å². The molecule has 0 amide bonds. The molecule has 2 N–H and O–H groups in total. The first-order chi connectivity index (χ1) is 9.13. The van der Waals surface area contributed by atoms with Gasteiger partial charge >= 0.3 is 0 Å². The zero-order valence-corrected chi connectivity index (χ0v) is 12.4. The summed E-state index contributed by atoms with van der Waals surface area (Å²) >= 11 is 1.64. The molecular formula is C15H20N2OS. The van der Waals surface area contributed by atoms with Crippen LogP contribution in [0.3, 0.4) is 0 Å². The number of ether oxygens (including phenoxy) is 1. The summed E-state index contributed by atoms with van der Waals surface area (Å²) in [7, 11) is 0. The molecule has 0 aliphatic rings. The van der Waals surface area contributed by atoms with Gasteiger partial charge in [0.2, 0.25) is 0 Å². The van der Waals surface area contributed by atoms with Crippen molar-refractivity contribution in [3.8, 4) is 11.3 Å². The Morgan fingerprint density at radius 2 is 2.05 bits per heavy atom. The van der Waals surface area contributed by atoms with Gasteiger partial charge in [-0.2, -0.15) is 0 Å². The summed E-state index contributed by atoms with van der Waals surface area (Å²) in [6.45, 7) is 7.01. The van der Waals surface area contributed by atoms with Crippen LogP contribution in [0.5, 0.6) is 0 Å². The average Bonchev–Trinajstić information content (AvgIpc) is 2.85. The van der Waals surface area contributed by atoms with Gasteiger partial charge in [0, 0.05) is 23.2 Å². The number of thiazole rings is 1. The second kappa shape index (κ2) is 6.17. The Morgan fingerprint density at radius 3 is 2.68 bits per heavy atom. The summed E-state index contributed by atoms with van der Waals surface area (Å²) in [6.07, 6.45) is 0.0636. The molecule has 1 atom stereocenters. The molecule has 1 heterocycles. The van der Waals surface area contributed by atoms with Crippen LogP contribution in [0.15, 0.2) is 29.6 Å². The maximum atomic E-state index is 5.99. The first-order valence-corrected chi connectivity index (χ1v) is 7.43. The van der Waals surface area contributed by atoms with Crippen LogP contribution in [0.4, 0.5) is 5.69 Å². The molecule has 1 aromatic heterocycles. The number of para-hydroxylation sites is 1. The predicted octanol–water partition coefficient (Wildman–Crippen LogP) is 4.13. The first kappa shape index (κ1) is 14.0. The highest BCUT2D eigenvalue weighted by Crippen LogP contribution is 2.33. The summed E-state index contributed by atoms with van der Waals surface area (Å²) in [4.78, 5) is 4.70. The molecule has 0 aliphatic carbocycles. The fraction of sp³-hybridized carbons (Fsp3) is 0.400. The number of aromatic nitrogens is 1. The van der Waals surface area contributed by atoms with E-state index in [1.807, 2.05) is 31.2 Å². The van der Waals surface area contributed by atoms with E-state index >= 15 is 0 Å². The van der Waals surface area contributed by atoms with Gasteiger partial charge < -0.3 is 10.5 Å². The van der Waals surface area contributed by atoms with E-state index in [-0.39, 0.29) is 6.10 Å². The highest BCUT2D eigenvalue weighted by atomic mass is 32.1. The highest BCUT2D eigenvalue weighted by Gasteiger charge is 2.20. The third-order valence-corrected chi connectivity index (χ3v) is 3.86. The van der Waals surface area contributed by atoms with Gasteiger partial charge in [-0.3, -0.25) is 0 Å². The zero-order valence-electron chi connectivity index (χ0n) is 11.6. The monoisotopic (exact) mass is 276 g/mol. The van der Waals surface area contributed by atoms with Gasteiger partial charge in [-0.05, 0) is 18.9 Å². The molecule has 2 aromatic rings. The van der Waals surface area contributed by atoms with Crippen LogP contribution in [-0.2, 0) is 4.74 Å². The van der Waals surface area contributed by atoms with Crippen LogP contribution in [0, 0.1) is 5.92 Å². The van der Waals surface area contributed by atoms with Gasteiger partial charge in [0.1, 0.15) is 11.1 Å².